The summed E-state index contributed by atoms with van der Waals surface area (Å²) in [7, 11) is 0. The third-order valence-electron chi connectivity index (χ3n) is 4.14. The van der Waals surface area contributed by atoms with Gasteiger partial charge in [0, 0.05) is 0 Å². The Morgan fingerprint density at radius 3 is 1.92 bits per heavy atom. The van der Waals surface area contributed by atoms with Crippen LogP contribution in [0.5, 0.6) is 0 Å². The second kappa shape index (κ2) is 14.4. The Bertz CT molecular complexity index is 495. The molecule has 0 saturated heterocycles. The van der Waals surface area contributed by atoms with Crippen molar-refractivity contribution in [3.05, 3.63) is 60.0 Å². The number of aliphatic hydroxyl groups is 2. The summed E-state index contributed by atoms with van der Waals surface area (Å²) >= 11 is 0. The van der Waals surface area contributed by atoms with Crippen LogP contribution in [0.4, 0.5) is 0 Å². The van der Waals surface area contributed by atoms with Gasteiger partial charge in [0.1, 0.15) is 0 Å². The lowest BCUT2D eigenvalue weighted by molar-refractivity contribution is 0.269. The monoisotopic (exact) mass is 346 g/mol. The predicted molar refractivity (Wildman–Crippen MR) is 105 cm³/mol. The Morgan fingerprint density at radius 2 is 1.32 bits per heavy atom. The standard InChI is InChI=1S/C22H34O3/c1-2-3-4-5-6-7-8-9-10-11-12-13-14-15-16-17-18-19-20(23)21-22(24)25-21/h13-19,23-24H,2-12H2,1H3. The number of unbranched alkanes of at least 4 members (excludes halogenated alkanes) is 10. The van der Waals surface area contributed by atoms with Gasteiger partial charge in [-0.15, -0.1) is 0 Å². The minimum atomic E-state index is -0.201. The molecule has 0 aliphatic carbocycles. The zero-order valence-corrected chi connectivity index (χ0v) is 15.6. The van der Waals surface area contributed by atoms with E-state index in [1.807, 2.05) is 18.2 Å². The lowest BCUT2D eigenvalue weighted by atomic mass is 10.1. The Balaban J connectivity index is 1.89. The first kappa shape index (κ1) is 21.1. The lowest BCUT2D eigenvalue weighted by Gasteiger charge is -2.01. The molecule has 0 radical (unpaired) electrons. The van der Waals surface area contributed by atoms with Gasteiger partial charge in [-0.3, -0.25) is 0 Å². The Morgan fingerprint density at radius 1 is 0.800 bits per heavy atom. The van der Waals surface area contributed by atoms with Crippen LogP contribution in [0.2, 0.25) is 0 Å². The van der Waals surface area contributed by atoms with E-state index >= 15 is 0 Å². The zero-order valence-electron chi connectivity index (χ0n) is 15.6. The summed E-state index contributed by atoms with van der Waals surface area (Å²) in [5.41, 5.74) is 0. The fourth-order valence-corrected chi connectivity index (χ4v) is 2.57. The van der Waals surface area contributed by atoms with E-state index in [0.29, 0.717) is 0 Å². The van der Waals surface area contributed by atoms with Crippen LogP contribution in [0.1, 0.15) is 77.6 Å². The highest BCUT2D eigenvalue weighted by Gasteiger charge is 2.28. The first-order valence-corrected chi connectivity index (χ1v) is 9.76. The lowest BCUT2D eigenvalue weighted by Crippen LogP contribution is -1.81. The summed E-state index contributed by atoms with van der Waals surface area (Å²) < 4.78 is 4.57. The molecule has 0 aromatic carbocycles. The van der Waals surface area contributed by atoms with Crippen molar-refractivity contribution in [2.24, 2.45) is 0 Å². The highest BCUT2D eigenvalue weighted by atomic mass is 16.7. The number of hydrogen-bond donors (Lipinski definition) is 2. The van der Waals surface area contributed by atoms with Gasteiger partial charge in [0.25, 0.3) is 5.76 Å². The SMILES string of the molecule is CCCCCCCCCCCCC=CC=CC=CC=C(O)C1=C(O)O1. The first-order valence-electron chi connectivity index (χ1n) is 9.76. The molecule has 0 amide bonds. The van der Waals surface area contributed by atoms with Crippen molar-refractivity contribution in [3.63, 3.8) is 0 Å². The summed E-state index contributed by atoms with van der Waals surface area (Å²) in [5.74, 6) is -0.101. The van der Waals surface area contributed by atoms with Crippen LogP contribution in [0, 0.1) is 0 Å². The van der Waals surface area contributed by atoms with Crippen molar-refractivity contribution in [3.8, 4) is 0 Å². The van der Waals surface area contributed by atoms with Gasteiger partial charge >= 0.3 is 5.95 Å². The fraction of sp³-hybridized carbons (Fsp3) is 0.545. The van der Waals surface area contributed by atoms with Crippen LogP contribution in [-0.2, 0) is 4.74 Å². The maximum absolute atomic E-state index is 9.41. The van der Waals surface area contributed by atoms with Gasteiger partial charge in [-0.05, 0) is 18.9 Å². The topological polar surface area (TPSA) is 53.0 Å². The molecule has 1 heterocycles. The molecule has 25 heavy (non-hydrogen) atoms. The molecule has 0 saturated carbocycles. The van der Waals surface area contributed by atoms with E-state index < -0.39 is 0 Å². The zero-order chi connectivity index (χ0) is 18.2. The van der Waals surface area contributed by atoms with Gasteiger partial charge in [0.2, 0.25) is 0 Å². The molecule has 0 atom stereocenters. The van der Waals surface area contributed by atoms with Crippen molar-refractivity contribution < 1.29 is 14.9 Å². The van der Waals surface area contributed by atoms with E-state index in [4.69, 9.17) is 5.11 Å². The van der Waals surface area contributed by atoms with Gasteiger partial charge in [0.05, 0.1) is 0 Å². The average Bonchev–Trinajstić information content (AvgIpc) is 3.34. The number of hydrogen-bond acceptors (Lipinski definition) is 3. The van der Waals surface area contributed by atoms with E-state index in [1.165, 1.54) is 70.3 Å². The van der Waals surface area contributed by atoms with E-state index in [-0.39, 0.29) is 17.5 Å². The maximum Gasteiger partial charge on any atom is 0.331 e. The predicted octanol–water partition coefficient (Wildman–Crippen LogP) is 7.17. The van der Waals surface area contributed by atoms with Crippen LogP contribution < -0.4 is 0 Å². The third kappa shape index (κ3) is 12.2. The highest BCUT2D eigenvalue weighted by Crippen LogP contribution is 2.28. The van der Waals surface area contributed by atoms with Crippen molar-refractivity contribution >= 4 is 0 Å². The molecule has 3 nitrogen and oxygen atoms in total. The molecular formula is C22H34O3. The molecule has 2 N–H and O–H groups in total. The van der Waals surface area contributed by atoms with Gasteiger partial charge in [-0.25, -0.2) is 0 Å². The van der Waals surface area contributed by atoms with E-state index in [2.05, 4.69) is 23.8 Å². The third-order valence-corrected chi connectivity index (χ3v) is 4.14. The van der Waals surface area contributed by atoms with Crippen molar-refractivity contribution in [2.75, 3.05) is 0 Å². The van der Waals surface area contributed by atoms with Crippen LogP contribution in [0.3, 0.4) is 0 Å². The first-order chi connectivity index (χ1) is 12.3. The van der Waals surface area contributed by atoms with Crippen molar-refractivity contribution in [1.29, 1.82) is 0 Å². The summed E-state index contributed by atoms with van der Waals surface area (Å²) in [6.45, 7) is 2.27. The number of aliphatic hydroxyl groups excluding tert-OH is 2. The maximum atomic E-state index is 9.41. The van der Waals surface area contributed by atoms with Crippen LogP contribution in [0.25, 0.3) is 0 Å². The van der Waals surface area contributed by atoms with Gasteiger partial charge < -0.3 is 14.9 Å². The van der Waals surface area contributed by atoms with Crippen LogP contribution in [0.15, 0.2) is 60.0 Å². The van der Waals surface area contributed by atoms with Gasteiger partial charge in [0.15, 0.2) is 5.76 Å². The van der Waals surface area contributed by atoms with Crippen molar-refractivity contribution in [2.45, 2.75) is 77.6 Å². The van der Waals surface area contributed by atoms with E-state index in [1.54, 1.807) is 6.08 Å². The Hall–Kier alpha value is -1.90. The molecule has 0 aromatic rings. The second-order valence-corrected chi connectivity index (χ2v) is 6.46. The normalized spacial score (nSPS) is 15.0. The van der Waals surface area contributed by atoms with E-state index in [9.17, 15) is 5.11 Å². The summed E-state index contributed by atoms with van der Waals surface area (Å²) in [5, 5.41) is 18.3. The molecule has 0 spiro atoms. The average molecular weight is 347 g/mol. The summed E-state index contributed by atoms with van der Waals surface area (Å²) in [6.07, 6.45) is 28.0. The van der Waals surface area contributed by atoms with Crippen LogP contribution >= 0.6 is 0 Å². The van der Waals surface area contributed by atoms with Crippen molar-refractivity contribution in [1.82, 2.24) is 0 Å². The molecule has 0 bridgehead atoms. The van der Waals surface area contributed by atoms with Gasteiger partial charge in [-0.2, -0.15) is 0 Å². The molecule has 0 fully saturated rings. The number of ether oxygens (including phenoxy) is 1. The summed E-state index contributed by atoms with van der Waals surface area (Å²) in [6, 6.07) is 0. The number of rotatable bonds is 15. The summed E-state index contributed by atoms with van der Waals surface area (Å²) in [4.78, 5) is 0. The molecule has 0 unspecified atom stereocenters. The minimum Gasteiger partial charge on any atom is -0.504 e. The molecule has 1 aliphatic heterocycles. The highest BCUT2D eigenvalue weighted by molar-refractivity contribution is 5.32. The quantitative estimate of drug-likeness (QED) is 0.188. The van der Waals surface area contributed by atoms with Crippen LogP contribution in [-0.4, -0.2) is 10.2 Å². The molecule has 0 aromatic heterocycles. The molecular weight excluding hydrogens is 312 g/mol. The van der Waals surface area contributed by atoms with Gasteiger partial charge in [-0.1, -0.05) is 101 Å². The van der Waals surface area contributed by atoms with E-state index in [0.717, 1.165) is 6.42 Å². The molecule has 140 valence electrons. The Kier molecular flexibility index (Phi) is 12.2. The molecule has 3 heteroatoms. The largest absolute Gasteiger partial charge is 0.504 e. The Labute approximate surface area is 153 Å². The second-order valence-electron chi connectivity index (χ2n) is 6.46. The number of allylic oxidation sites excluding steroid dienone is 7. The minimum absolute atomic E-state index is 0.0568. The molecule has 1 aliphatic rings. The molecule has 1 rings (SSSR count). The smallest absolute Gasteiger partial charge is 0.331 e. The fourth-order valence-electron chi connectivity index (χ4n) is 2.57.